The summed E-state index contributed by atoms with van der Waals surface area (Å²) in [6.07, 6.45) is 6.52. The monoisotopic (exact) mass is 269 g/mol. The molecule has 0 atom stereocenters. The van der Waals surface area contributed by atoms with Gasteiger partial charge in [0.1, 0.15) is 5.82 Å². The van der Waals surface area contributed by atoms with Crippen molar-refractivity contribution in [2.45, 2.75) is 51.5 Å². The van der Waals surface area contributed by atoms with Crippen molar-refractivity contribution in [2.75, 3.05) is 0 Å². The lowest BCUT2D eigenvalue weighted by molar-refractivity contribution is 0.386. The quantitative estimate of drug-likeness (QED) is 0.873. The van der Waals surface area contributed by atoms with Gasteiger partial charge in [-0.2, -0.15) is 0 Å². The molecule has 1 saturated carbocycles. The van der Waals surface area contributed by atoms with Gasteiger partial charge >= 0.3 is 0 Å². The molecule has 3 N–H and O–H groups in total. The molecule has 1 aromatic carbocycles. The Bertz CT molecular complexity index is 592. The summed E-state index contributed by atoms with van der Waals surface area (Å²) in [5, 5.41) is 0. The van der Waals surface area contributed by atoms with Crippen LogP contribution < -0.4 is 5.73 Å². The van der Waals surface area contributed by atoms with E-state index >= 15 is 0 Å². The number of nitrogens with zero attached hydrogens (tertiary/aromatic N) is 1. The van der Waals surface area contributed by atoms with Crippen molar-refractivity contribution >= 4 is 0 Å². The summed E-state index contributed by atoms with van der Waals surface area (Å²) >= 11 is 0. The molecule has 3 rings (SSSR count). The number of H-pyrrole nitrogens is 1. The number of nitrogens with one attached hydrogen (secondary N) is 1. The first-order chi connectivity index (χ1) is 9.63. The molecule has 1 fully saturated rings. The van der Waals surface area contributed by atoms with Crippen LogP contribution in [0.25, 0.3) is 11.3 Å². The molecule has 2 aromatic rings. The molecule has 1 heterocycles. The number of rotatable bonds is 2. The highest BCUT2D eigenvalue weighted by Gasteiger charge is 2.22. The van der Waals surface area contributed by atoms with E-state index in [0.717, 1.165) is 37.2 Å². The molecule has 1 aromatic heterocycles. The molecular formula is C17H23N3. The van der Waals surface area contributed by atoms with E-state index in [4.69, 9.17) is 5.73 Å². The van der Waals surface area contributed by atoms with Gasteiger partial charge in [0.25, 0.3) is 0 Å². The topological polar surface area (TPSA) is 54.7 Å². The molecule has 0 amide bonds. The van der Waals surface area contributed by atoms with Crippen molar-refractivity contribution in [1.82, 2.24) is 9.97 Å². The van der Waals surface area contributed by atoms with Gasteiger partial charge in [-0.05, 0) is 51.2 Å². The molecule has 1 aliphatic rings. The number of hydrogen-bond donors (Lipinski definition) is 2. The molecule has 0 aliphatic heterocycles. The summed E-state index contributed by atoms with van der Waals surface area (Å²) in [7, 11) is 0. The maximum atomic E-state index is 5.98. The third kappa shape index (κ3) is 2.63. The van der Waals surface area contributed by atoms with E-state index in [9.17, 15) is 0 Å². The van der Waals surface area contributed by atoms with Crippen molar-refractivity contribution in [3.8, 4) is 11.3 Å². The van der Waals surface area contributed by atoms with E-state index in [0.29, 0.717) is 12.0 Å². The first kappa shape index (κ1) is 13.4. The Morgan fingerprint density at radius 2 is 1.90 bits per heavy atom. The lowest BCUT2D eigenvalue weighted by Crippen LogP contribution is -2.26. The van der Waals surface area contributed by atoms with E-state index in [2.05, 4.69) is 42.0 Å². The number of nitrogens with two attached hydrogens (primary N) is 1. The average molecular weight is 269 g/mol. The molecule has 0 radical (unpaired) electrons. The van der Waals surface area contributed by atoms with Gasteiger partial charge in [-0.25, -0.2) is 4.98 Å². The van der Waals surface area contributed by atoms with Crippen LogP contribution in [0.4, 0.5) is 0 Å². The maximum absolute atomic E-state index is 5.98. The van der Waals surface area contributed by atoms with Gasteiger partial charge in [0.2, 0.25) is 0 Å². The van der Waals surface area contributed by atoms with Gasteiger partial charge in [0.15, 0.2) is 0 Å². The van der Waals surface area contributed by atoms with Crippen LogP contribution in [-0.2, 0) is 0 Å². The second-order valence-electron chi connectivity index (χ2n) is 6.11. The zero-order valence-corrected chi connectivity index (χ0v) is 12.3. The molecule has 106 valence electrons. The first-order valence-electron chi connectivity index (χ1n) is 7.51. The minimum atomic E-state index is 0.389. The minimum absolute atomic E-state index is 0.389. The fraction of sp³-hybridized carbons (Fsp3) is 0.471. The zero-order chi connectivity index (χ0) is 14.1. The molecule has 1 aliphatic carbocycles. The Morgan fingerprint density at radius 1 is 1.15 bits per heavy atom. The largest absolute Gasteiger partial charge is 0.342 e. The number of benzene rings is 1. The van der Waals surface area contributed by atoms with Crippen molar-refractivity contribution in [3.05, 3.63) is 41.3 Å². The fourth-order valence-corrected chi connectivity index (χ4v) is 3.10. The smallest absolute Gasteiger partial charge is 0.109 e. The van der Waals surface area contributed by atoms with Crippen molar-refractivity contribution in [2.24, 2.45) is 5.73 Å². The maximum Gasteiger partial charge on any atom is 0.109 e. The summed E-state index contributed by atoms with van der Waals surface area (Å²) in [6, 6.07) is 6.94. The second kappa shape index (κ2) is 5.41. The normalized spacial score (nSPS) is 22.9. The SMILES string of the molecule is Cc1ccc(C)c(-c2cnc(C3CCC(N)CC3)[nH]2)c1. The highest BCUT2D eigenvalue weighted by Crippen LogP contribution is 2.32. The van der Waals surface area contributed by atoms with Crippen LogP contribution in [0.5, 0.6) is 0 Å². The van der Waals surface area contributed by atoms with Crippen LogP contribution >= 0.6 is 0 Å². The molecular weight excluding hydrogens is 246 g/mol. The predicted octanol–water partition coefficient (Wildman–Crippen LogP) is 3.68. The van der Waals surface area contributed by atoms with Crippen LogP contribution in [0.1, 0.15) is 48.6 Å². The highest BCUT2D eigenvalue weighted by molar-refractivity contribution is 5.63. The molecule has 3 nitrogen and oxygen atoms in total. The fourth-order valence-electron chi connectivity index (χ4n) is 3.10. The summed E-state index contributed by atoms with van der Waals surface area (Å²) in [6.45, 7) is 4.28. The van der Waals surface area contributed by atoms with E-state index in [1.54, 1.807) is 0 Å². The van der Waals surface area contributed by atoms with Crippen molar-refractivity contribution < 1.29 is 0 Å². The van der Waals surface area contributed by atoms with Crippen LogP contribution in [-0.4, -0.2) is 16.0 Å². The Hall–Kier alpha value is -1.61. The molecule has 3 heteroatoms. The second-order valence-corrected chi connectivity index (χ2v) is 6.11. The van der Waals surface area contributed by atoms with E-state index in [-0.39, 0.29) is 0 Å². The van der Waals surface area contributed by atoms with E-state index < -0.39 is 0 Å². The Balaban J connectivity index is 1.85. The summed E-state index contributed by atoms with van der Waals surface area (Å²) in [5.74, 6) is 1.68. The number of hydrogen-bond acceptors (Lipinski definition) is 2. The third-order valence-corrected chi connectivity index (χ3v) is 4.44. The molecule has 0 saturated heterocycles. The van der Waals surface area contributed by atoms with Crippen molar-refractivity contribution in [1.29, 1.82) is 0 Å². The van der Waals surface area contributed by atoms with Crippen LogP contribution in [0.2, 0.25) is 0 Å². The van der Waals surface area contributed by atoms with Gasteiger partial charge in [-0.1, -0.05) is 17.7 Å². The van der Waals surface area contributed by atoms with Crippen molar-refractivity contribution in [3.63, 3.8) is 0 Å². The van der Waals surface area contributed by atoms with E-state index in [1.165, 1.54) is 16.7 Å². The molecule has 0 spiro atoms. The Morgan fingerprint density at radius 3 is 2.65 bits per heavy atom. The predicted molar refractivity (Wildman–Crippen MR) is 82.7 cm³/mol. The summed E-state index contributed by atoms with van der Waals surface area (Å²) in [4.78, 5) is 8.15. The van der Waals surface area contributed by atoms with Gasteiger partial charge in [-0.3, -0.25) is 0 Å². The Kier molecular flexibility index (Phi) is 3.62. The number of imidazole rings is 1. The van der Waals surface area contributed by atoms with Gasteiger partial charge < -0.3 is 10.7 Å². The molecule has 20 heavy (non-hydrogen) atoms. The molecule has 0 unspecified atom stereocenters. The van der Waals surface area contributed by atoms with Gasteiger partial charge in [0, 0.05) is 17.5 Å². The van der Waals surface area contributed by atoms with E-state index in [1.807, 2.05) is 6.20 Å². The lowest BCUT2D eigenvalue weighted by Gasteiger charge is -2.24. The van der Waals surface area contributed by atoms with Gasteiger partial charge in [0.05, 0.1) is 11.9 Å². The van der Waals surface area contributed by atoms with Crippen LogP contribution in [0.3, 0.4) is 0 Å². The van der Waals surface area contributed by atoms with Gasteiger partial charge in [-0.15, -0.1) is 0 Å². The standard InChI is InChI=1S/C17H23N3/c1-11-3-4-12(2)15(9-11)16-10-19-17(20-16)13-5-7-14(18)8-6-13/h3-4,9-10,13-14H,5-8,18H2,1-2H3,(H,19,20). The Labute approximate surface area is 120 Å². The van der Waals surface area contributed by atoms with Crippen LogP contribution in [0, 0.1) is 13.8 Å². The van der Waals surface area contributed by atoms with Crippen LogP contribution in [0.15, 0.2) is 24.4 Å². The number of aromatic nitrogens is 2. The highest BCUT2D eigenvalue weighted by atomic mass is 14.9. The summed E-state index contributed by atoms with van der Waals surface area (Å²) in [5.41, 5.74) is 10.9. The first-order valence-corrected chi connectivity index (χ1v) is 7.51. The molecule has 0 bridgehead atoms. The summed E-state index contributed by atoms with van der Waals surface area (Å²) < 4.78 is 0. The minimum Gasteiger partial charge on any atom is -0.342 e. The number of aryl methyl sites for hydroxylation is 2. The number of aromatic amines is 1. The zero-order valence-electron chi connectivity index (χ0n) is 12.3. The lowest BCUT2D eigenvalue weighted by atomic mass is 9.86. The third-order valence-electron chi connectivity index (χ3n) is 4.44. The average Bonchev–Trinajstić information content (AvgIpc) is 2.92.